The third kappa shape index (κ3) is 2.10. The molecule has 1 aromatic heterocycles. The van der Waals surface area contributed by atoms with Crippen LogP contribution in [0.3, 0.4) is 0 Å². The minimum atomic E-state index is 1.04. The van der Waals surface area contributed by atoms with E-state index in [1.165, 1.54) is 24.1 Å². The number of rotatable bonds is 4. The predicted molar refractivity (Wildman–Crippen MR) is 51.0 cm³/mol. The number of nitrogens with one attached hydrogen (secondary N) is 1. The minimum absolute atomic E-state index is 1.04. The first-order valence-electron chi connectivity index (χ1n) is 4.55. The molecular formula is C10H17N2. The van der Waals surface area contributed by atoms with Gasteiger partial charge in [0.25, 0.3) is 0 Å². The summed E-state index contributed by atoms with van der Waals surface area (Å²) in [6.07, 6.45) is 4.62. The summed E-state index contributed by atoms with van der Waals surface area (Å²) < 4.78 is 0. The normalized spacial score (nSPS) is 10.6. The summed E-state index contributed by atoms with van der Waals surface area (Å²) in [5, 5.41) is 7.15. The topological polar surface area (TPSA) is 28.7 Å². The predicted octanol–water partition coefficient (Wildman–Crippen LogP) is 2.57. The van der Waals surface area contributed by atoms with Crippen molar-refractivity contribution < 1.29 is 0 Å². The third-order valence-electron chi connectivity index (χ3n) is 2.21. The van der Waals surface area contributed by atoms with Crippen molar-refractivity contribution in [2.24, 2.45) is 0 Å². The molecule has 0 saturated carbocycles. The van der Waals surface area contributed by atoms with E-state index < -0.39 is 0 Å². The van der Waals surface area contributed by atoms with Crippen LogP contribution in [-0.2, 0) is 6.42 Å². The van der Waals surface area contributed by atoms with Crippen molar-refractivity contribution in [2.75, 3.05) is 0 Å². The molecule has 0 spiro atoms. The lowest BCUT2D eigenvalue weighted by atomic mass is 10.1. The van der Waals surface area contributed by atoms with Crippen molar-refractivity contribution >= 4 is 0 Å². The number of aryl methyl sites for hydroxylation is 2. The van der Waals surface area contributed by atoms with Gasteiger partial charge in [-0.1, -0.05) is 19.8 Å². The molecule has 0 bridgehead atoms. The van der Waals surface area contributed by atoms with E-state index >= 15 is 0 Å². The average Bonchev–Trinajstić information content (AvgIpc) is 2.35. The molecular weight excluding hydrogens is 148 g/mol. The van der Waals surface area contributed by atoms with Crippen molar-refractivity contribution in [1.29, 1.82) is 0 Å². The summed E-state index contributed by atoms with van der Waals surface area (Å²) in [5.41, 5.74) is 3.76. The average molecular weight is 165 g/mol. The van der Waals surface area contributed by atoms with Crippen LogP contribution in [-0.4, -0.2) is 10.2 Å². The number of aromatic amines is 1. The first kappa shape index (κ1) is 9.30. The van der Waals surface area contributed by atoms with E-state index in [9.17, 15) is 0 Å². The zero-order valence-electron chi connectivity index (χ0n) is 7.98. The molecule has 2 nitrogen and oxygen atoms in total. The smallest absolute Gasteiger partial charge is 0.0625 e. The number of H-pyrrole nitrogens is 1. The summed E-state index contributed by atoms with van der Waals surface area (Å²) in [4.78, 5) is 0. The van der Waals surface area contributed by atoms with Crippen LogP contribution < -0.4 is 0 Å². The number of hydrogen-bond acceptors (Lipinski definition) is 1. The van der Waals surface area contributed by atoms with Gasteiger partial charge in [-0.05, 0) is 32.3 Å². The summed E-state index contributed by atoms with van der Waals surface area (Å²) in [7, 11) is 0. The number of nitrogens with zero attached hydrogens (tertiary/aromatic N) is 1. The number of unbranched alkanes of at least 4 members (excludes halogenated alkanes) is 2. The lowest BCUT2D eigenvalue weighted by molar-refractivity contribution is 0.741. The number of hydrogen-bond donors (Lipinski definition) is 1. The van der Waals surface area contributed by atoms with E-state index in [2.05, 4.69) is 31.0 Å². The molecule has 1 N–H and O–H groups in total. The van der Waals surface area contributed by atoms with Gasteiger partial charge >= 0.3 is 0 Å². The summed E-state index contributed by atoms with van der Waals surface area (Å²) in [6, 6.07) is 0. The van der Waals surface area contributed by atoms with Gasteiger partial charge in [0.2, 0.25) is 0 Å². The molecule has 1 heterocycles. The minimum Gasteiger partial charge on any atom is -0.282 e. The molecule has 2 heteroatoms. The van der Waals surface area contributed by atoms with Crippen LogP contribution in [0.15, 0.2) is 0 Å². The maximum Gasteiger partial charge on any atom is 0.0625 e. The maximum atomic E-state index is 4.15. The molecule has 0 aliphatic heterocycles. The van der Waals surface area contributed by atoms with Gasteiger partial charge in [-0.15, -0.1) is 0 Å². The fourth-order valence-corrected chi connectivity index (χ4v) is 1.42. The second-order valence-electron chi connectivity index (χ2n) is 3.22. The summed E-state index contributed by atoms with van der Waals surface area (Å²) >= 11 is 0. The second-order valence-corrected chi connectivity index (χ2v) is 3.22. The van der Waals surface area contributed by atoms with E-state index in [1.54, 1.807) is 0 Å². The maximum absolute atomic E-state index is 4.15. The third-order valence-corrected chi connectivity index (χ3v) is 2.21. The van der Waals surface area contributed by atoms with Gasteiger partial charge in [-0.2, -0.15) is 5.10 Å². The highest BCUT2D eigenvalue weighted by molar-refractivity contribution is 5.22. The molecule has 12 heavy (non-hydrogen) atoms. The van der Waals surface area contributed by atoms with Crippen molar-refractivity contribution in [2.45, 2.75) is 39.5 Å². The first-order chi connectivity index (χ1) is 5.75. The quantitative estimate of drug-likeness (QED) is 0.682. The lowest BCUT2D eigenvalue weighted by Crippen LogP contribution is -1.88. The SMILES string of the molecule is [CH2]CCCCc1c(C)n[nH]c1C. The fourth-order valence-electron chi connectivity index (χ4n) is 1.42. The van der Waals surface area contributed by atoms with Gasteiger partial charge in [0.05, 0.1) is 5.69 Å². The molecule has 0 saturated heterocycles. The zero-order chi connectivity index (χ0) is 8.97. The molecule has 0 aromatic carbocycles. The van der Waals surface area contributed by atoms with Crippen LogP contribution in [0.1, 0.15) is 36.2 Å². The monoisotopic (exact) mass is 165 g/mol. The Morgan fingerprint density at radius 2 is 2.08 bits per heavy atom. The second kappa shape index (κ2) is 4.29. The van der Waals surface area contributed by atoms with Crippen molar-refractivity contribution in [3.63, 3.8) is 0 Å². The van der Waals surface area contributed by atoms with Crippen LogP contribution in [0.25, 0.3) is 0 Å². The summed E-state index contributed by atoms with van der Waals surface area (Å²) in [5.74, 6) is 0. The Balaban J connectivity index is 2.50. The Labute approximate surface area is 74.4 Å². The van der Waals surface area contributed by atoms with Gasteiger partial charge in [0.15, 0.2) is 0 Å². The Hall–Kier alpha value is -0.790. The van der Waals surface area contributed by atoms with Crippen molar-refractivity contribution in [1.82, 2.24) is 10.2 Å². The Morgan fingerprint density at radius 1 is 1.33 bits per heavy atom. The molecule has 0 atom stereocenters. The first-order valence-corrected chi connectivity index (χ1v) is 4.55. The van der Waals surface area contributed by atoms with Crippen molar-refractivity contribution in [3.8, 4) is 0 Å². The van der Waals surface area contributed by atoms with E-state index in [0.717, 1.165) is 18.5 Å². The van der Waals surface area contributed by atoms with Crippen LogP contribution in [0.2, 0.25) is 0 Å². The Morgan fingerprint density at radius 3 is 2.58 bits per heavy atom. The van der Waals surface area contributed by atoms with Crippen LogP contribution in [0, 0.1) is 20.8 Å². The van der Waals surface area contributed by atoms with E-state index in [0.29, 0.717) is 0 Å². The standard InChI is InChI=1S/C10H17N2/c1-4-5-6-7-10-8(2)11-12-9(10)3/h1,4-7H2,2-3H3,(H,11,12). The molecule has 0 unspecified atom stereocenters. The van der Waals surface area contributed by atoms with Crippen LogP contribution >= 0.6 is 0 Å². The van der Waals surface area contributed by atoms with E-state index in [-0.39, 0.29) is 0 Å². The molecule has 0 amide bonds. The number of aromatic nitrogens is 2. The Bertz CT molecular complexity index is 218. The van der Waals surface area contributed by atoms with Gasteiger partial charge in [-0.3, -0.25) is 5.10 Å². The fraction of sp³-hybridized carbons (Fsp3) is 0.600. The largest absolute Gasteiger partial charge is 0.282 e. The van der Waals surface area contributed by atoms with Gasteiger partial charge < -0.3 is 0 Å². The molecule has 0 aliphatic carbocycles. The summed E-state index contributed by atoms with van der Waals surface area (Å²) in [6.45, 7) is 7.97. The van der Waals surface area contributed by atoms with Crippen molar-refractivity contribution in [3.05, 3.63) is 23.9 Å². The molecule has 0 fully saturated rings. The molecule has 1 aromatic rings. The molecule has 0 aliphatic rings. The van der Waals surface area contributed by atoms with Crippen LogP contribution in [0.4, 0.5) is 0 Å². The highest BCUT2D eigenvalue weighted by Crippen LogP contribution is 2.12. The Kier molecular flexibility index (Phi) is 3.32. The molecule has 1 radical (unpaired) electrons. The highest BCUT2D eigenvalue weighted by atomic mass is 15.1. The van der Waals surface area contributed by atoms with E-state index in [4.69, 9.17) is 0 Å². The highest BCUT2D eigenvalue weighted by Gasteiger charge is 2.04. The lowest BCUT2D eigenvalue weighted by Gasteiger charge is -1.99. The van der Waals surface area contributed by atoms with Crippen LogP contribution in [0.5, 0.6) is 0 Å². The zero-order valence-corrected chi connectivity index (χ0v) is 7.98. The van der Waals surface area contributed by atoms with Gasteiger partial charge in [-0.25, -0.2) is 0 Å². The van der Waals surface area contributed by atoms with Gasteiger partial charge in [0, 0.05) is 5.69 Å². The molecule has 67 valence electrons. The van der Waals surface area contributed by atoms with Gasteiger partial charge in [0.1, 0.15) is 0 Å². The molecule has 1 rings (SSSR count). The van der Waals surface area contributed by atoms with E-state index in [1.807, 2.05) is 0 Å².